The Kier molecular flexibility index (Phi) is 3.46. The third-order valence-corrected chi connectivity index (χ3v) is 2.87. The molecule has 2 rings (SSSR count). The summed E-state index contributed by atoms with van der Waals surface area (Å²) in [7, 11) is 0. The number of hydrogen-bond donors (Lipinski definition) is 1. The van der Waals surface area contributed by atoms with E-state index in [1.807, 2.05) is 38.1 Å². The summed E-state index contributed by atoms with van der Waals surface area (Å²) in [4.78, 5) is 12.3. The van der Waals surface area contributed by atoms with E-state index in [4.69, 9.17) is 0 Å². The molecular formula is C14H16N2O2. The highest BCUT2D eigenvalue weighted by Crippen LogP contribution is 2.26. The van der Waals surface area contributed by atoms with Gasteiger partial charge in [-0.1, -0.05) is 31.2 Å². The molecule has 0 aliphatic rings. The Morgan fingerprint density at radius 1 is 1.33 bits per heavy atom. The topological polar surface area (TPSA) is 55.1 Å². The minimum atomic E-state index is -0.244. The number of rotatable bonds is 3. The lowest BCUT2D eigenvalue weighted by Gasteiger charge is -2.09. The van der Waals surface area contributed by atoms with Gasteiger partial charge < -0.3 is 5.11 Å². The Morgan fingerprint density at radius 3 is 2.72 bits per heavy atom. The number of aromatic hydroxyl groups is 1. The van der Waals surface area contributed by atoms with Crippen LogP contribution in [0.15, 0.2) is 35.3 Å². The molecule has 0 fully saturated rings. The fourth-order valence-electron chi connectivity index (χ4n) is 1.96. The van der Waals surface area contributed by atoms with E-state index in [1.165, 1.54) is 10.9 Å². The first-order valence-corrected chi connectivity index (χ1v) is 6.00. The number of aromatic nitrogens is 2. The predicted octanol–water partition coefficient (Wildman–Crippen LogP) is 2.33. The largest absolute Gasteiger partial charge is 0.505 e. The van der Waals surface area contributed by atoms with E-state index < -0.39 is 0 Å². The monoisotopic (exact) mass is 244 g/mol. The number of aryl methyl sites for hydroxylation is 2. The van der Waals surface area contributed by atoms with Crippen LogP contribution in [0.25, 0.3) is 11.1 Å². The second-order valence-corrected chi connectivity index (χ2v) is 4.25. The van der Waals surface area contributed by atoms with Gasteiger partial charge in [0.2, 0.25) is 0 Å². The van der Waals surface area contributed by atoms with Gasteiger partial charge in [-0.2, -0.15) is 5.10 Å². The summed E-state index contributed by atoms with van der Waals surface area (Å²) < 4.78 is 1.39. The van der Waals surface area contributed by atoms with Gasteiger partial charge in [-0.25, -0.2) is 4.68 Å². The van der Waals surface area contributed by atoms with Crippen molar-refractivity contribution in [3.8, 4) is 16.9 Å². The van der Waals surface area contributed by atoms with Gasteiger partial charge in [-0.05, 0) is 24.5 Å². The molecule has 1 aromatic heterocycles. The summed E-state index contributed by atoms with van der Waals surface area (Å²) in [5, 5.41) is 13.8. The van der Waals surface area contributed by atoms with Crippen molar-refractivity contribution in [1.82, 2.24) is 9.78 Å². The molecule has 0 aliphatic carbocycles. The van der Waals surface area contributed by atoms with Crippen molar-refractivity contribution in [2.45, 2.75) is 26.8 Å². The first-order chi connectivity index (χ1) is 8.65. The minimum Gasteiger partial charge on any atom is -0.505 e. The molecular weight excluding hydrogens is 228 g/mol. The van der Waals surface area contributed by atoms with Crippen molar-refractivity contribution in [1.29, 1.82) is 0 Å². The van der Waals surface area contributed by atoms with Gasteiger partial charge in [0.15, 0.2) is 0 Å². The van der Waals surface area contributed by atoms with Gasteiger partial charge in [0, 0.05) is 6.54 Å². The van der Waals surface area contributed by atoms with Gasteiger partial charge in [-0.3, -0.25) is 4.79 Å². The van der Waals surface area contributed by atoms with Crippen LogP contribution in [0.3, 0.4) is 0 Å². The molecule has 0 saturated heterocycles. The van der Waals surface area contributed by atoms with Crippen LogP contribution in [0.2, 0.25) is 0 Å². The lowest BCUT2D eigenvalue weighted by atomic mass is 10.0. The fraction of sp³-hybridized carbons (Fsp3) is 0.286. The lowest BCUT2D eigenvalue weighted by Crippen LogP contribution is -2.24. The molecule has 0 aliphatic heterocycles. The quantitative estimate of drug-likeness (QED) is 0.901. The van der Waals surface area contributed by atoms with E-state index in [1.54, 1.807) is 0 Å². The van der Waals surface area contributed by atoms with Crippen LogP contribution in [0.5, 0.6) is 5.75 Å². The lowest BCUT2D eigenvalue weighted by molar-refractivity contribution is 0.460. The molecule has 94 valence electrons. The fourth-order valence-corrected chi connectivity index (χ4v) is 1.96. The Bertz CT molecular complexity index is 617. The summed E-state index contributed by atoms with van der Waals surface area (Å²) >= 11 is 0. The van der Waals surface area contributed by atoms with Crippen molar-refractivity contribution >= 4 is 0 Å². The molecule has 4 nitrogen and oxygen atoms in total. The van der Waals surface area contributed by atoms with E-state index in [0.717, 1.165) is 17.5 Å². The summed E-state index contributed by atoms with van der Waals surface area (Å²) in [6, 6.07) is 7.51. The number of nitrogens with zero attached hydrogens (tertiary/aromatic N) is 2. The molecule has 0 bridgehead atoms. The predicted molar refractivity (Wildman–Crippen MR) is 70.6 cm³/mol. The van der Waals surface area contributed by atoms with Crippen molar-refractivity contribution in [3.63, 3.8) is 0 Å². The van der Waals surface area contributed by atoms with Crippen LogP contribution >= 0.6 is 0 Å². The highest BCUT2D eigenvalue weighted by atomic mass is 16.3. The average molecular weight is 244 g/mol. The molecule has 0 spiro atoms. The average Bonchev–Trinajstić information content (AvgIpc) is 2.35. The van der Waals surface area contributed by atoms with Crippen LogP contribution in [0.4, 0.5) is 0 Å². The Balaban J connectivity index is 2.68. The second kappa shape index (κ2) is 5.04. The third kappa shape index (κ3) is 2.14. The molecule has 0 saturated carbocycles. The Labute approximate surface area is 106 Å². The molecule has 0 radical (unpaired) electrons. The zero-order chi connectivity index (χ0) is 13.1. The molecule has 2 aromatic rings. The molecule has 1 heterocycles. The van der Waals surface area contributed by atoms with E-state index in [-0.39, 0.29) is 11.3 Å². The van der Waals surface area contributed by atoms with Crippen LogP contribution in [0.1, 0.15) is 18.9 Å². The summed E-state index contributed by atoms with van der Waals surface area (Å²) in [6.45, 7) is 4.45. The van der Waals surface area contributed by atoms with Gasteiger partial charge in [0.25, 0.3) is 5.56 Å². The summed E-state index contributed by atoms with van der Waals surface area (Å²) in [6.07, 6.45) is 2.16. The van der Waals surface area contributed by atoms with Crippen molar-refractivity contribution in [2.24, 2.45) is 0 Å². The second-order valence-electron chi connectivity index (χ2n) is 4.25. The molecule has 0 amide bonds. The van der Waals surface area contributed by atoms with Crippen LogP contribution in [-0.2, 0) is 6.54 Å². The number of benzene rings is 1. The van der Waals surface area contributed by atoms with Gasteiger partial charge in [0.05, 0.1) is 11.8 Å². The Hall–Kier alpha value is -2.10. The molecule has 18 heavy (non-hydrogen) atoms. The molecule has 1 aromatic carbocycles. The smallest absolute Gasteiger partial charge is 0.278 e. The van der Waals surface area contributed by atoms with Crippen molar-refractivity contribution in [3.05, 3.63) is 46.4 Å². The maximum Gasteiger partial charge on any atom is 0.278 e. The third-order valence-electron chi connectivity index (χ3n) is 2.87. The first-order valence-electron chi connectivity index (χ1n) is 6.00. The molecule has 0 unspecified atom stereocenters. The maximum atomic E-state index is 12.3. The maximum absolute atomic E-state index is 12.3. The zero-order valence-corrected chi connectivity index (χ0v) is 10.6. The van der Waals surface area contributed by atoms with E-state index in [0.29, 0.717) is 12.1 Å². The highest BCUT2D eigenvalue weighted by Gasteiger charge is 2.14. The molecule has 1 N–H and O–H groups in total. The van der Waals surface area contributed by atoms with Gasteiger partial charge in [0.1, 0.15) is 5.75 Å². The summed E-state index contributed by atoms with van der Waals surface area (Å²) in [5.74, 6) is -0.0679. The number of hydrogen-bond acceptors (Lipinski definition) is 3. The van der Waals surface area contributed by atoms with Crippen molar-refractivity contribution < 1.29 is 5.11 Å². The normalized spacial score (nSPS) is 10.6. The van der Waals surface area contributed by atoms with Crippen molar-refractivity contribution in [2.75, 3.05) is 0 Å². The zero-order valence-electron chi connectivity index (χ0n) is 10.6. The molecule has 4 heteroatoms. The van der Waals surface area contributed by atoms with Gasteiger partial charge in [-0.15, -0.1) is 0 Å². The molecule has 0 atom stereocenters. The van der Waals surface area contributed by atoms with Crippen LogP contribution in [0, 0.1) is 6.92 Å². The van der Waals surface area contributed by atoms with E-state index in [2.05, 4.69) is 5.10 Å². The minimum absolute atomic E-state index is 0.0679. The van der Waals surface area contributed by atoms with Gasteiger partial charge >= 0.3 is 0 Å². The summed E-state index contributed by atoms with van der Waals surface area (Å²) in [5.41, 5.74) is 1.80. The van der Waals surface area contributed by atoms with E-state index >= 15 is 0 Å². The standard InChI is InChI=1S/C14H16N2O2/c1-3-8-16-14(18)13(12(17)9-15-16)11-7-5-4-6-10(11)2/h4-7,9,17H,3,8H2,1-2H3. The van der Waals surface area contributed by atoms with Crippen LogP contribution in [-0.4, -0.2) is 14.9 Å². The first kappa shape index (κ1) is 12.4. The van der Waals surface area contributed by atoms with Crippen LogP contribution < -0.4 is 5.56 Å². The SMILES string of the molecule is CCCn1ncc(O)c(-c2ccccc2C)c1=O. The van der Waals surface area contributed by atoms with E-state index in [9.17, 15) is 9.90 Å². The Morgan fingerprint density at radius 2 is 2.06 bits per heavy atom. The highest BCUT2D eigenvalue weighted by molar-refractivity contribution is 5.71.